The van der Waals surface area contributed by atoms with Gasteiger partial charge in [0.15, 0.2) is 0 Å². The molecular weight excluding hydrogens is 288 g/mol. The Morgan fingerprint density at radius 2 is 1.87 bits per heavy atom. The molecule has 0 spiro atoms. The van der Waals surface area contributed by atoms with Crippen molar-refractivity contribution in [3.8, 4) is 0 Å². The molecule has 0 saturated carbocycles. The number of hydrogen-bond acceptors (Lipinski definition) is 4. The van der Waals surface area contributed by atoms with Crippen LogP contribution in [0.2, 0.25) is 0 Å². The molecule has 0 saturated heterocycles. The summed E-state index contributed by atoms with van der Waals surface area (Å²) in [6.45, 7) is 10.1. The van der Waals surface area contributed by atoms with Gasteiger partial charge in [-0.15, -0.1) is 4.91 Å². The number of nitrogens with zero attached hydrogens (tertiary/aromatic N) is 1. The highest BCUT2D eigenvalue weighted by molar-refractivity contribution is 5.77. The van der Waals surface area contributed by atoms with Crippen LogP contribution in [0, 0.1) is 11.8 Å². The Labute approximate surface area is 136 Å². The van der Waals surface area contributed by atoms with Crippen molar-refractivity contribution in [3.63, 3.8) is 0 Å². The number of aryl methyl sites for hydroxylation is 1. The van der Waals surface area contributed by atoms with E-state index in [9.17, 15) is 10.0 Å². The quantitative estimate of drug-likeness (QED) is 0.757. The highest BCUT2D eigenvalue weighted by Gasteiger charge is 2.19. The van der Waals surface area contributed by atoms with E-state index in [2.05, 4.69) is 17.1 Å². The largest absolute Gasteiger partial charge is 0.395 e. The fraction of sp³-hybridized carbons (Fsp3) is 0.263. The second kappa shape index (κ2) is 6.75. The molecule has 2 N–H and O–H groups in total. The molecule has 4 heteroatoms. The average Bonchev–Trinajstić information content (AvgIpc) is 2.56. The number of anilines is 1. The molecule has 0 aliphatic heterocycles. The maximum Gasteiger partial charge on any atom is 0.108 e. The zero-order chi connectivity index (χ0) is 17.0. The second-order valence-corrected chi connectivity index (χ2v) is 6.31. The van der Waals surface area contributed by atoms with Gasteiger partial charge in [-0.2, -0.15) is 0 Å². The molecule has 2 rings (SSSR count). The zero-order valence-electron chi connectivity index (χ0n) is 13.8. The van der Waals surface area contributed by atoms with Crippen LogP contribution >= 0.6 is 0 Å². The minimum absolute atomic E-state index is 0.0991. The van der Waals surface area contributed by atoms with Gasteiger partial charge < -0.3 is 10.4 Å². The molecule has 0 aliphatic rings. The lowest BCUT2D eigenvalue weighted by Crippen LogP contribution is -2.21. The number of nitrogens with one attached hydrogen (secondary N) is 1. The average molecular weight is 310 g/mol. The van der Waals surface area contributed by atoms with Gasteiger partial charge in [0, 0.05) is 16.8 Å². The van der Waals surface area contributed by atoms with Crippen LogP contribution < -0.4 is 5.32 Å². The van der Waals surface area contributed by atoms with E-state index in [4.69, 9.17) is 0 Å². The van der Waals surface area contributed by atoms with Gasteiger partial charge in [-0.05, 0) is 47.0 Å². The molecule has 0 unspecified atom stereocenters. The molecule has 2 aromatic carbocycles. The molecule has 4 nitrogen and oxygen atoms in total. The van der Waals surface area contributed by atoms with Crippen LogP contribution in [0.1, 0.15) is 30.5 Å². The molecule has 0 fully saturated rings. The van der Waals surface area contributed by atoms with Gasteiger partial charge in [0.05, 0.1) is 6.61 Å². The van der Waals surface area contributed by atoms with Crippen molar-refractivity contribution in [3.05, 3.63) is 70.6 Å². The monoisotopic (exact) mass is 310 g/mol. The SMILES string of the molecule is C=C(Nc1ccc(N=O)cc1C)c1ccc(C(C)(C)CO)cc1. The van der Waals surface area contributed by atoms with Crippen molar-refractivity contribution >= 4 is 17.1 Å². The summed E-state index contributed by atoms with van der Waals surface area (Å²) in [4.78, 5) is 10.5. The highest BCUT2D eigenvalue weighted by Crippen LogP contribution is 2.27. The summed E-state index contributed by atoms with van der Waals surface area (Å²) in [5, 5.41) is 15.6. The Hall–Kier alpha value is -2.46. The van der Waals surface area contributed by atoms with Gasteiger partial charge in [0.2, 0.25) is 0 Å². The van der Waals surface area contributed by atoms with E-state index in [1.54, 1.807) is 12.1 Å². The third-order valence-electron chi connectivity index (χ3n) is 4.01. The standard InChI is InChI=1S/C19H22N2O2/c1-13-11-17(21-23)9-10-18(13)20-14(2)15-5-7-16(8-6-15)19(3,4)12-22/h5-11,20,22H,2,12H2,1,3-4H3. The van der Waals surface area contributed by atoms with Gasteiger partial charge >= 0.3 is 0 Å². The fourth-order valence-electron chi connectivity index (χ4n) is 2.29. The van der Waals surface area contributed by atoms with E-state index < -0.39 is 0 Å². The van der Waals surface area contributed by atoms with Gasteiger partial charge in [-0.25, -0.2) is 0 Å². The van der Waals surface area contributed by atoms with Crippen molar-refractivity contribution in [1.29, 1.82) is 0 Å². The number of rotatable bonds is 6. The van der Waals surface area contributed by atoms with Crippen LogP contribution in [-0.2, 0) is 5.41 Å². The maximum absolute atomic E-state index is 10.5. The van der Waals surface area contributed by atoms with Crippen LogP contribution in [0.25, 0.3) is 5.70 Å². The van der Waals surface area contributed by atoms with Crippen LogP contribution in [0.15, 0.2) is 54.2 Å². The number of benzene rings is 2. The second-order valence-electron chi connectivity index (χ2n) is 6.31. The van der Waals surface area contributed by atoms with Crippen LogP contribution in [-0.4, -0.2) is 11.7 Å². The first-order valence-electron chi connectivity index (χ1n) is 7.49. The lowest BCUT2D eigenvalue weighted by molar-refractivity contribution is 0.218. The van der Waals surface area contributed by atoms with E-state index in [0.29, 0.717) is 5.69 Å². The van der Waals surface area contributed by atoms with Crippen molar-refractivity contribution in [2.75, 3.05) is 11.9 Å². The van der Waals surface area contributed by atoms with E-state index in [-0.39, 0.29) is 12.0 Å². The lowest BCUT2D eigenvalue weighted by atomic mass is 9.85. The summed E-state index contributed by atoms with van der Waals surface area (Å²) < 4.78 is 0. The highest BCUT2D eigenvalue weighted by atomic mass is 16.3. The van der Waals surface area contributed by atoms with E-state index in [0.717, 1.165) is 28.1 Å². The van der Waals surface area contributed by atoms with Crippen molar-refractivity contribution < 1.29 is 5.11 Å². The molecule has 0 atom stereocenters. The Morgan fingerprint density at radius 1 is 1.22 bits per heavy atom. The lowest BCUT2D eigenvalue weighted by Gasteiger charge is -2.22. The number of hydrogen-bond donors (Lipinski definition) is 2. The third-order valence-corrected chi connectivity index (χ3v) is 4.01. The Bertz CT molecular complexity index is 719. The summed E-state index contributed by atoms with van der Waals surface area (Å²) in [6, 6.07) is 13.2. The molecule has 2 aromatic rings. The van der Waals surface area contributed by atoms with Gasteiger partial charge in [0.1, 0.15) is 5.69 Å². The first-order valence-corrected chi connectivity index (χ1v) is 7.49. The summed E-state index contributed by atoms with van der Waals surface area (Å²) in [5.74, 6) is 0. The van der Waals surface area contributed by atoms with Gasteiger partial charge in [-0.3, -0.25) is 0 Å². The first kappa shape index (κ1) is 16.9. The maximum atomic E-state index is 10.5. The fourth-order valence-corrected chi connectivity index (χ4v) is 2.29. The Kier molecular flexibility index (Phi) is 4.96. The molecule has 0 amide bonds. The Balaban J connectivity index is 2.17. The molecule has 120 valence electrons. The summed E-state index contributed by atoms with van der Waals surface area (Å²) in [7, 11) is 0. The summed E-state index contributed by atoms with van der Waals surface area (Å²) in [5.41, 5.74) is 4.79. The normalized spacial score (nSPS) is 11.1. The van der Waals surface area contributed by atoms with Crippen LogP contribution in [0.5, 0.6) is 0 Å². The van der Waals surface area contributed by atoms with Crippen molar-refractivity contribution in [1.82, 2.24) is 0 Å². The predicted octanol–water partition coefficient (Wildman–Crippen LogP) is 4.75. The van der Waals surface area contributed by atoms with E-state index >= 15 is 0 Å². The molecule has 0 aliphatic carbocycles. The Morgan fingerprint density at radius 3 is 2.39 bits per heavy atom. The van der Waals surface area contributed by atoms with Crippen molar-refractivity contribution in [2.45, 2.75) is 26.2 Å². The minimum Gasteiger partial charge on any atom is -0.395 e. The number of aliphatic hydroxyl groups excluding tert-OH is 1. The summed E-state index contributed by atoms with van der Waals surface area (Å²) >= 11 is 0. The molecule has 0 radical (unpaired) electrons. The van der Waals surface area contributed by atoms with E-state index in [1.807, 2.05) is 51.1 Å². The van der Waals surface area contributed by atoms with Gasteiger partial charge in [-0.1, -0.05) is 44.7 Å². The number of aliphatic hydroxyl groups is 1. The molecule has 0 bridgehead atoms. The molecule has 23 heavy (non-hydrogen) atoms. The van der Waals surface area contributed by atoms with E-state index in [1.165, 1.54) is 0 Å². The first-order chi connectivity index (χ1) is 10.9. The smallest absolute Gasteiger partial charge is 0.108 e. The topological polar surface area (TPSA) is 61.7 Å². The predicted molar refractivity (Wildman–Crippen MR) is 95.8 cm³/mol. The van der Waals surface area contributed by atoms with Crippen molar-refractivity contribution in [2.24, 2.45) is 5.18 Å². The third kappa shape index (κ3) is 3.85. The molecule has 0 aromatic heterocycles. The minimum atomic E-state index is -0.262. The summed E-state index contributed by atoms with van der Waals surface area (Å²) in [6.07, 6.45) is 0. The van der Waals surface area contributed by atoms with Crippen LogP contribution in [0.3, 0.4) is 0 Å². The van der Waals surface area contributed by atoms with Crippen LogP contribution in [0.4, 0.5) is 11.4 Å². The molecular formula is C19H22N2O2. The molecule has 0 heterocycles. The zero-order valence-corrected chi connectivity index (χ0v) is 13.8. The number of nitroso groups, excluding NO2 is 1. The van der Waals surface area contributed by atoms with Gasteiger partial charge in [0.25, 0.3) is 0 Å².